The molecular formula is C12H15NO4. The highest BCUT2D eigenvalue weighted by Crippen LogP contribution is 2.28. The Bertz CT molecular complexity index is 404. The summed E-state index contributed by atoms with van der Waals surface area (Å²) in [5.74, 6) is -0.838. The molecule has 0 saturated carbocycles. The van der Waals surface area contributed by atoms with Crippen LogP contribution in [0.25, 0.3) is 0 Å². The number of aromatic hydroxyl groups is 2. The van der Waals surface area contributed by atoms with Crippen molar-refractivity contribution >= 4 is 5.91 Å². The van der Waals surface area contributed by atoms with Crippen LogP contribution in [0.3, 0.4) is 0 Å². The molecule has 3 N–H and O–H groups in total. The lowest BCUT2D eigenvalue weighted by atomic mass is 10.1. The second-order valence-electron chi connectivity index (χ2n) is 4.19. The highest BCUT2D eigenvalue weighted by atomic mass is 16.3. The maximum absolute atomic E-state index is 12.1. The minimum Gasteiger partial charge on any atom is -0.507 e. The second kappa shape index (κ2) is 4.63. The predicted molar refractivity (Wildman–Crippen MR) is 60.9 cm³/mol. The molecule has 5 nitrogen and oxygen atoms in total. The Hall–Kier alpha value is -1.75. The van der Waals surface area contributed by atoms with Crippen LogP contribution in [0.2, 0.25) is 0 Å². The average Bonchev–Trinajstić information content (AvgIpc) is 2.29. The summed E-state index contributed by atoms with van der Waals surface area (Å²) >= 11 is 0. The molecule has 1 aliphatic rings. The van der Waals surface area contributed by atoms with Crippen LogP contribution in [0.15, 0.2) is 18.2 Å². The summed E-state index contributed by atoms with van der Waals surface area (Å²) in [7, 11) is 0. The fourth-order valence-corrected chi connectivity index (χ4v) is 1.97. The molecule has 1 fully saturated rings. The molecule has 1 saturated heterocycles. The molecule has 1 aliphatic heterocycles. The number of piperidine rings is 1. The Balaban J connectivity index is 2.20. The minimum atomic E-state index is -0.396. The van der Waals surface area contributed by atoms with Crippen molar-refractivity contribution in [3.05, 3.63) is 23.8 Å². The van der Waals surface area contributed by atoms with Gasteiger partial charge in [0.2, 0.25) is 0 Å². The largest absolute Gasteiger partial charge is 0.507 e. The molecule has 1 aromatic rings. The monoisotopic (exact) mass is 237 g/mol. The second-order valence-corrected chi connectivity index (χ2v) is 4.19. The maximum atomic E-state index is 12.1. The predicted octanol–water partition coefficient (Wildman–Crippen LogP) is 0.695. The first-order chi connectivity index (χ1) is 8.09. The van der Waals surface area contributed by atoms with Crippen LogP contribution in [0.4, 0.5) is 0 Å². The first-order valence-corrected chi connectivity index (χ1v) is 5.58. The van der Waals surface area contributed by atoms with Gasteiger partial charge in [0, 0.05) is 13.1 Å². The molecule has 1 heterocycles. The Morgan fingerprint density at radius 1 is 1.18 bits per heavy atom. The number of likely N-dealkylation sites (tertiary alicyclic amines) is 1. The van der Waals surface area contributed by atoms with Crippen molar-refractivity contribution < 1.29 is 20.1 Å². The molecule has 0 aromatic heterocycles. The Morgan fingerprint density at radius 2 is 1.71 bits per heavy atom. The van der Waals surface area contributed by atoms with Gasteiger partial charge in [0.25, 0.3) is 5.91 Å². The number of hydrogen-bond donors (Lipinski definition) is 3. The Kier molecular flexibility index (Phi) is 3.19. The summed E-state index contributed by atoms with van der Waals surface area (Å²) in [5, 5.41) is 28.5. The van der Waals surface area contributed by atoms with Gasteiger partial charge in [-0.25, -0.2) is 0 Å². The third kappa shape index (κ3) is 2.34. The molecule has 0 atom stereocenters. The van der Waals surface area contributed by atoms with Gasteiger partial charge in [0.1, 0.15) is 17.1 Å². The number of aliphatic hydroxyl groups excluding tert-OH is 1. The summed E-state index contributed by atoms with van der Waals surface area (Å²) in [5.41, 5.74) is -0.0658. The number of phenolic OH excluding ortho intramolecular Hbond substituents is 2. The van der Waals surface area contributed by atoms with Crippen LogP contribution in [0.5, 0.6) is 11.5 Å². The third-order valence-electron chi connectivity index (χ3n) is 2.99. The van der Waals surface area contributed by atoms with Crippen LogP contribution in [-0.4, -0.2) is 45.3 Å². The number of rotatable bonds is 1. The smallest absolute Gasteiger partial charge is 0.261 e. The first kappa shape index (κ1) is 11.7. The van der Waals surface area contributed by atoms with Crippen molar-refractivity contribution in [1.82, 2.24) is 4.90 Å². The normalized spacial score (nSPS) is 17.1. The minimum absolute atomic E-state index is 0.0658. The highest BCUT2D eigenvalue weighted by molar-refractivity contribution is 5.99. The number of amides is 1. The van der Waals surface area contributed by atoms with E-state index in [1.807, 2.05) is 0 Å². The van der Waals surface area contributed by atoms with E-state index in [0.29, 0.717) is 25.9 Å². The van der Waals surface area contributed by atoms with Gasteiger partial charge in [-0.15, -0.1) is 0 Å². The molecule has 0 bridgehead atoms. The zero-order valence-corrected chi connectivity index (χ0v) is 9.33. The van der Waals surface area contributed by atoms with Gasteiger partial charge in [0.15, 0.2) is 0 Å². The van der Waals surface area contributed by atoms with E-state index in [1.165, 1.54) is 23.1 Å². The highest BCUT2D eigenvalue weighted by Gasteiger charge is 2.26. The molecule has 0 radical (unpaired) electrons. The fraction of sp³-hybridized carbons (Fsp3) is 0.417. The quantitative estimate of drug-likeness (QED) is 0.671. The zero-order valence-electron chi connectivity index (χ0n) is 9.33. The van der Waals surface area contributed by atoms with E-state index in [1.54, 1.807) is 0 Å². The lowest BCUT2D eigenvalue weighted by Gasteiger charge is -2.29. The number of nitrogens with zero attached hydrogens (tertiary/aromatic N) is 1. The molecule has 1 aromatic carbocycles. The van der Waals surface area contributed by atoms with Gasteiger partial charge in [-0.3, -0.25) is 4.79 Å². The van der Waals surface area contributed by atoms with Crippen molar-refractivity contribution in [2.45, 2.75) is 18.9 Å². The average molecular weight is 237 g/mol. The van der Waals surface area contributed by atoms with E-state index in [9.17, 15) is 20.1 Å². The SMILES string of the molecule is O=C(c1c(O)cccc1O)N1CCC(O)CC1. The number of aliphatic hydroxyl groups is 1. The first-order valence-electron chi connectivity index (χ1n) is 5.58. The van der Waals surface area contributed by atoms with Gasteiger partial charge < -0.3 is 20.2 Å². The van der Waals surface area contributed by atoms with E-state index in [0.717, 1.165) is 0 Å². The molecule has 0 spiro atoms. The van der Waals surface area contributed by atoms with E-state index < -0.39 is 5.91 Å². The molecule has 1 amide bonds. The number of phenols is 2. The summed E-state index contributed by atoms with van der Waals surface area (Å²) < 4.78 is 0. The topological polar surface area (TPSA) is 81.0 Å². The molecular weight excluding hydrogens is 222 g/mol. The standard InChI is InChI=1S/C12H15NO4/c14-8-4-6-13(7-5-8)12(17)11-9(15)2-1-3-10(11)16/h1-3,8,14-16H,4-7H2. The van der Waals surface area contributed by atoms with E-state index in [-0.39, 0.29) is 23.2 Å². The van der Waals surface area contributed by atoms with Crippen molar-refractivity contribution in [1.29, 1.82) is 0 Å². The van der Waals surface area contributed by atoms with Crippen LogP contribution < -0.4 is 0 Å². The van der Waals surface area contributed by atoms with Gasteiger partial charge in [0.05, 0.1) is 6.10 Å². The zero-order chi connectivity index (χ0) is 12.4. The molecule has 0 unspecified atom stereocenters. The van der Waals surface area contributed by atoms with Crippen LogP contribution >= 0.6 is 0 Å². The summed E-state index contributed by atoms with van der Waals surface area (Å²) in [6.07, 6.45) is 0.692. The van der Waals surface area contributed by atoms with Crippen molar-refractivity contribution in [3.8, 4) is 11.5 Å². The lowest BCUT2D eigenvalue weighted by Crippen LogP contribution is -2.40. The number of carbonyl (C=O) groups is 1. The Morgan fingerprint density at radius 3 is 2.24 bits per heavy atom. The summed E-state index contributed by atoms with van der Waals surface area (Å²) in [6, 6.07) is 4.21. The molecule has 5 heteroatoms. The molecule has 2 rings (SSSR count). The maximum Gasteiger partial charge on any atom is 0.261 e. The van der Waals surface area contributed by atoms with Crippen molar-refractivity contribution in [2.24, 2.45) is 0 Å². The summed E-state index contributed by atoms with van der Waals surface area (Å²) in [6.45, 7) is 0.877. The number of hydrogen-bond acceptors (Lipinski definition) is 4. The molecule has 92 valence electrons. The van der Waals surface area contributed by atoms with Crippen molar-refractivity contribution in [2.75, 3.05) is 13.1 Å². The van der Waals surface area contributed by atoms with Crippen LogP contribution in [-0.2, 0) is 0 Å². The summed E-state index contributed by atoms with van der Waals surface area (Å²) in [4.78, 5) is 13.6. The lowest BCUT2D eigenvalue weighted by molar-refractivity contribution is 0.0542. The fourth-order valence-electron chi connectivity index (χ4n) is 1.97. The number of carbonyl (C=O) groups excluding carboxylic acids is 1. The molecule has 0 aliphatic carbocycles. The van der Waals surface area contributed by atoms with Gasteiger partial charge in [-0.1, -0.05) is 6.07 Å². The van der Waals surface area contributed by atoms with Crippen LogP contribution in [0, 0.1) is 0 Å². The third-order valence-corrected chi connectivity index (χ3v) is 2.99. The van der Waals surface area contributed by atoms with Gasteiger partial charge in [-0.05, 0) is 25.0 Å². The van der Waals surface area contributed by atoms with E-state index >= 15 is 0 Å². The number of benzene rings is 1. The van der Waals surface area contributed by atoms with Crippen LogP contribution in [0.1, 0.15) is 23.2 Å². The van der Waals surface area contributed by atoms with E-state index in [2.05, 4.69) is 0 Å². The van der Waals surface area contributed by atoms with Gasteiger partial charge in [-0.2, -0.15) is 0 Å². The van der Waals surface area contributed by atoms with Crippen molar-refractivity contribution in [3.63, 3.8) is 0 Å². The van der Waals surface area contributed by atoms with E-state index in [4.69, 9.17) is 0 Å². The van der Waals surface area contributed by atoms with Gasteiger partial charge >= 0.3 is 0 Å². The molecule has 17 heavy (non-hydrogen) atoms. The Labute approximate surface area is 98.9 Å².